The third kappa shape index (κ3) is 12.9. The second-order valence-electron chi connectivity index (χ2n) is 4.01. The predicted molar refractivity (Wildman–Crippen MR) is 68.5 cm³/mol. The Bertz CT molecular complexity index is 217. The first-order valence-corrected chi connectivity index (χ1v) is 6.27. The zero-order valence-corrected chi connectivity index (χ0v) is 10.3. The van der Waals surface area contributed by atoms with Crippen LogP contribution in [-0.2, 0) is 4.79 Å². The van der Waals surface area contributed by atoms with E-state index in [0.717, 1.165) is 19.3 Å². The highest BCUT2D eigenvalue weighted by Gasteiger charge is 1.95. The summed E-state index contributed by atoms with van der Waals surface area (Å²) in [6.45, 7) is 2.02. The summed E-state index contributed by atoms with van der Waals surface area (Å²) in [4.78, 5) is 10.2. The summed E-state index contributed by atoms with van der Waals surface area (Å²) in [5.41, 5.74) is 0. The molecular formula is C14H24O2. The summed E-state index contributed by atoms with van der Waals surface area (Å²) < 4.78 is 0. The lowest BCUT2D eigenvalue weighted by molar-refractivity contribution is -0.137. The molecule has 1 N–H and O–H groups in total. The first-order chi connectivity index (χ1) is 7.77. The van der Waals surface area contributed by atoms with Crippen LogP contribution in [0.2, 0.25) is 0 Å². The molecule has 0 rings (SSSR count). The molecule has 0 bridgehead atoms. The summed E-state index contributed by atoms with van der Waals surface area (Å²) in [5.74, 6) is -0.672. The lowest BCUT2D eigenvalue weighted by Gasteiger charge is -1.98. The molecule has 2 heteroatoms. The fraction of sp³-hybridized carbons (Fsp3) is 0.643. The Morgan fingerprint density at radius 2 is 1.62 bits per heavy atom. The van der Waals surface area contributed by atoms with Crippen LogP contribution in [-0.4, -0.2) is 11.1 Å². The molecule has 0 heterocycles. The smallest absolute Gasteiger partial charge is 0.303 e. The Morgan fingerprint density at radius 3 is 2.25 bits per heavy atom. The Kier molecular flexibility index (Phi) is 11.2. The van der Waals surface area contributed by atoms with Crippen LogP contribution >= 0.6 is 0 Å². The van der Waals surface area contributed by atoms with E-state index in [-0.39, 0.29) is 0 Å². The van der Waals surface area contributed by atoms with Crippen LogP contribution in [0.3, 0.4) is 0 Å². The largest absolute Gasteiger partial charge is 0.481 e. The number of carboxylic acid groups (broad SMARTS) is 1. The highest BCUT2D eigenvalue weighted by atomic mass is 16.4. The predicted octanol–water partition coefficient (Wildman–Crippen LogP) is 4.32. The van der Waals surface area contributed by atoms with Gasteiger partial charge in [-0.15, -0.1) is 0 Å². The zero-order chi connectivity index (χ0) is 12.1. The highest BCUT2D eigenvalue weighted by Crippen LogP contribution is 2.08. The summed E-state index contributed by atoms with van der Waals surface area (Å²) in [6.07, 6.45) is 16.6. The van der Waals surface area contributed by atoms with Crippen LogP contribution in [0, 0.1) is 0 Å². The average molecular weight is 224 g/mol. The number of unbranched alkanes of at least 4 members (excludes halogenated alkanes) is 6. The van der Waals surface area contributed by atoms with Crippen molar-refractivity contribution in [2.45, 2.75) is 58.3 Å². The Hall–Kier alpha value is -1.05. The number of rotatable bonds is 10. The second-order valence-corrected chi connectivity index (χ2v) is 4.01. The van der Waals surface area contributed by atoms with Crippen molar-refractivity contribution in [2.75, 3.05) is 0 Å². The van der Waals surface area contributed by atoms with Gasteiger partial charge in [-0.1, -0.05) is 50.0 Å². The van der Waals surface area contributed by atoms with Crippen molar-refractivity contribution < 1.29 is 9.90 Å². The fourth-order valence-electron chi connectivity index (χ4n) is 1.53. The number of hydrogen-bond donors (Lipinski definition) is 1. The van der Waals surface area contributed by atoms with E-state index in [0.29, 0.717) is 6.42 Å². The molecule has 0 aromatic rings. The average Bonchev–Trinajstić information content (AvgIpc) is 2.25. The molecule has 0 aliphatic rings. The van der Waals surface area contributed by atoms with E-state index < -0.39 is 5.97 Å². The summed E-state index contributed by atoms with van der Waals surface area (Å²) in [6, 6.07) is 0. The Labute approximate surface area is 99.1 Å². The van der Waals surface area contributed by atoms with Crippen LogP contribution in [0.15, 0.2) is 24.3 Å². The van der Waals surface area contributed by atoms with E-state index in [1.54, 1.807) is 0 Å². The molecule has 92 valence electrons. The van der Waals surface area contributed by atoms with Gasteiger partial charge in [-0.2, -0.15) is 0 Å². The summed E-state index contributed by atoms with van der Waals surface area (Å²) in [7, 11) is 0. The van der Waals surface area contributed by atoms with Crippen molar-refractivity contribution in [1.82, 2.24) is 0 Å². The summed E-state index contributed by atoms with van der Waals surface area (Å²) >= 11 is 0. The maximum atomic E-state index is 10.2. The molecule has 0 atom stereocenters. The second kappa shape index (κ2) is 12.0. The van der Waals surface area contributed by atoms with Gasteiger partial charge in [-0.25, -0.2) is 0 Å². The molecule has 0 unspecified atom stereocenters. The molecule has 0 aromatic heterocycles. The molecular weight excluding hydrogens is 200 g/mol. The Morgan fingerprint density at radius 1 is 1.00 bits per heavy atom. The molecule has 2 nitrogen and oxygen atoms in total. The normalized spacial score (nSPS) is 11.6. The van der Waals surface area contributed by atoms with Crippen molar-refractivity contribution in [1.29, 1.82) is 0 Å². The molecule has 0 spiro atoms. The fourth-order valence-corrected chi connectivity index (χ4v) is 1.53. The van der Waals surface area contributed by atoms with Gasteiger partial charge in [0.2, 0.25) is 0 Å². The topological polar surface area (TPSA) is 37.3 Å². The van der Waals surface area contributed by atoms with Crippen molar-refractivity contribution in [3.8, 4) is 0 Å². The van der Waals surface area contributed by atoms with Crippen LogP contribution in [0.5, 0.6) is 0 Å². The quantitative estimate of drug-likeness (QED) is 0.443. The van der Waals surface area contributed by atoms with E-state index >= 15 is 0 Å². The van der Waals surface area contributed by atoms with Gasteiger partial charge in [-0.3, -0.25) is 4.79 Å². The third-order valence-corrected chi connectivity index (χ3v) is 2.45. The maximum Gasteiger partial charge on any atom is 0.303 e. The van der Waals surface area contributed by atoms with Gasteiger partial charge in [0.15, 0.2) is 0 Å². The SMILES string of the molecule is CC=CC=CCCCCCCCCC(=O)O. The van der Waals surface area contributed by atoms with Gasteiger partial charge >= 0.3 is 5.97 Å². The summed E-state index contributed by atoms with van der Waals surface area (Å²) in [5, 5.41) is 8.44. The molecule has 0 amide bonds. The van der Waals surface area contributed by atoms with Crippen molar-refractivity contribution in [3.05, 3.63) is 24.3 Å². The number of carbonyl (C=O) groups is 1. The Balaban J connectivity index is 3.07. The van der Waals surface area contributed by atoms with Crippen LogP contribution in [0.25, 0.3) is 0 Å². The maximum absolute atomic E-state index is 10.2. The molecule has 0 aliphatic carbocycles. The standard InChI is InChI=1S/C14H24O2/c1-2-3-4-5-6-7-8-9-10-11-12-13-14(15)16/h2-5H,6-13H2,1H3,(H,15,16). The molecule has 0 aliphatic heterocycles. The highest BCUT2D eigenvalue weighted by molar-refractivity contribution is 5.66. The van der Waals surface area contributed by atoms with Gasteiger partial charge in [0.25, 0.3) is 0 Å². The van der Waals surface area contributed by atoms with E-state index in [1.165, 1.54) is 25.7 Å². The minimum absolute atomic E-state index is 0.325. The number of allylic oxidation sites excluding steroid dienone is 4. The minimum atomic E-state index is -0.672. The number of hydrogen-bond acceptors (Lipinski definition) is 1. The van der Waals surface area contributed by atoms with Gasteiger partial charge in [0.05, 0.1) is 0 Å². The van der Waals surface area contributed by atoms with E-state index in [2.05, 4.69) is 12.2 Å². The molecule has 0 fully saturated rings. The molecule has 0 aromatic carbocycles. The zero-order valence-electron chi connectivity index (χ0n) is 10.3. The molecule has 0 saturated carbocycles. The van der Waals surface area contributed by atoms with Crippen LogP contribution in [0.4, 0.5) is 0 Å². The van der Waals surface area contributed by atoms with Crippen LogP contribution < -0.4 is 0 Å². The van der Waals surface area contributed by atoms with Gasteiger partial charge < -0.3 is 5.11 Å². The van der Waals surface area contributed by atoms with Crippen molar-refractivity contribution in [3.63, 3.8) is 0 Å². The molecule has 16 heavy (non-hydrogen) atoms. The number of aliphatic carboxylic acids is 1. The monoisotopic (exact) mass is 224 g/mol. The van der Waals surface area contributed by atoms with Crippen LogP contribution in [0.1, 0.15) is 58.3 Å². The van der Waals surface area contributed by atoms with E-state index in [4.69, 9.17) is 5.11 Å². The molecule has 0 radical (unpaired) electrons. The van der Waals surface area contributed by atoms with Crippen molar-refractivity contribution in [2.24, 2.45) is 0 Å². The molecule has 0 saturated heterocycles. The first-order valence-electron chi connectivity index (χ1n) is 6.27. The first kappa shape index (κ1) is 14.9. The van der Waals surface area contributed by atoms with E-state index in [1.807, 2.05) is 19.1 Å². The van der Waals surface area contributed by atoms with Crippen molar-refractivity contribution >= 4 is 5.97 Å². The third-order valence-electron chi connectivity index (χ3n) is 2.45. The van der Waals surface area contributed by atoms with Gasteiger partial charge in [0, 0.05) is 6.42 Å². The van der Waals surface area contributed by atoms with Gasteiger partial charge in [0.1, 0.15) is 0 Å². The van der Waals surface area contributed by atoms with E-state index in [9.17, 15) is 4.79 Å². The lowest BCUT2D eigenvalue weighted by atomic mass is 10.1. The number of carboxylic acids is 1. The van der Waals surface area contributed by atoms with Gasteiger partial charge in [-0.05, 0) is 26.2 Å². The lowest BCUT2D eigenvalue weighted by Crippen LogP contribution is -1.93. The minimum Gasteiger partial charge on any atom is -0.481 e.